The molecule has 1 heterocycles. The monoisotopic (exact) mass is 114 g/mol. The predicted molar refractivity (Wildman–Crippen MR) is 34.9 cm³/mol. The zero-order chi connectivity index (χ0) is 5.98. The van der Waals surface area contributed by atoms with Gasteiger partial charge in [-0.3, -0.25) is 0 Å². The molecule has 0 aliphatic carbocycles. The smallest absolute Gasteiger partial charge is 0.0190 e. The van der Waals surface area contributed by atoms with Crippen LogP contribution in [0.15, 0.2) is 0 Å². The molecule has 0 aromatic carbocycles. The summed E-state index contributed by atoms with van der Waals surface area (Å²) in [7, 11) is 0. The average molecular weight is 114 g/mol. The summed E-state index contributed by atoms with van der Waals surface area (Å²) in [4.78, 5) is 0. The summed E-state index contributed by atoms with van der Waals surface area (Å²) < 4.78 is 0. The van der Waals surface area contributed by atoms with Crippen molar-refractivity contribution in [3.63, 3.8) is 0 Å². The Kier molecular flexibility index (Phi) is 1.86. The van der Waals surface area contributed by atoms with Gasteiger partial charge in [0, 0.05) is 25.2 Å². The zero-order valence-electron chi connectivity index (χ0n) is 5.57. The third-order valence-corrected chi connectivity index (χ3v) is 1.81. The van der Waals surface area contributed by atoms with E-state index in [4.69, 9.17) is 0 Å². The van der Waals surface area contributed by atoms with Crippen molar-refractivity contribution in [1.82, 2.24) is 10.6 Å². The van der Waals surface area contributed by atoms with Crippen molar-refractivity contribution >= 4 is 0 Å². The van der Waals surface area contributed by atoms with E-state index in [1.54, 1.807) is 0 Å². The lowest BCUT2D eigenvalue weighted by atomic mass is 10.1. The predicted octanol–water partition coefficient (Wildman–Crippen LogP) is -0.0438. The molecule has 0 aromatic heterocycles. The van der Waals surface area contributed by atoms with Crippen molar-refractivity contribution in [3.8, 4) is 0 Å². The third kappa shape index (κ3) is 1.20. The first kappa shape index (κ1) is 6.05. The Morgan fingerprint density at radius 2 is 1.38 bits per heavy atom. The van der Waals surface area contributed by atoms with E-state index in [9.17, 15) is 0 Å². The molecule has 0 unspecified atom stereocenters. The second kappa shape index (κ2) is 2.46. The van der Waals surface area contributed by atoms with E-state index >= 15 is 0 Å². The van der Waals surface area contributed by atoms with Crippen LogP contribution in [-0.4, -0.2) is 25.2 Å². The van der Waals surface area contributed by atoms with Crippen LogP contribution in [0, 0.1) is 0 Å². The van der Waals surface area contributed by atoms with Gasteiger partial charge in [0.1, 0.15) is 0 Å². The highest BCUT2D eigenvalue weighted by Crippen LogP contribution is 1.93. The summed E-state index contributed by atoms with van der Waals surface area (Å²) in [5, 5.41) is 6.74. The lowest BCUT2D eigenvalue weighted by Gasteiger charge is -2.27. The zero-order valence-corrected chi connectivity index (χ0v) is 5.57. The fraction of sp³-hybridized carbons (Fsp3) is 1.00. The van der Waals surface area contributed by atoms with E-state index in [-0.39, 0.29) is 0 Å². The lowest BCUT2D eigenvalue weighted by Crippen LogP contribution is -2.52. The van der Waals surface area contributed by atoms with Crippen LogP contribution >= 0.6 is 0 Å². The molecule has 0 spiro atoms. The number of nitrogens with one attached hydrogen (secondary N) is 2. The Morgan fingerprint density at radius 3 is 1.62 bits per heavy atom. The molecule has 2 nitrogen and oxygen atoms in total. The second-order valence-corrected chi connectivity index (χ2v) is 2.49. The van der Waals surface area contributed by atoms with Gasteiger partial charge in [-0.25, -0.2) is 0 Å². The number of rotatable bonds is 0. The Labute approximate surface area is 50.7 Å². The van der Waals surface area contributed by atoms with Crippen LogP contribution in [-0.2, 0) is 0 Å². The highest BCUT2D eigenvalue weighted by Gasteiger charge is 2.13. The van der Waals surface area contributed by atoms with E-state index in [0.717, 1.165) is 13.1 Å². The molecule has 0 saturated carbocycles. The number of piperazine rings is 1. The molecule has 2 atom stereocenters. The number of hydrogen-bond acceptors (Lipinski definition) is 2. The summed E-state index contributed by atoms with van der Waals surface area (Å²) >= 11 is 0. The molecule has 0 radical (unpaired) electrons. The van der Waals surface area contributed by atoms with Crippen LogP contribution in [0.2, 0.25) is 0 Å². The van der Waals surface area contributed by atoms with E-state index in [1.165, 1.54) is 0 Å². The molecule has 1 saturated heterocycles. The molecule has 1 aliphatic heterocycles. The normalized spacial score (nSPS) is 39.8. The maximum Gasteiger partial charge on any atom is 0.0190 e. The first-order valence-corrected chi connectivity index (χ1v) is 3.27. The summed E-state index contributed by atoms with van der Waals surface area (Å²) in [6.45, 7) is 6.64. The van der Waals surface area contributed by atoms with Crippen LogP contribution in [0.5, 0.6) is 0 Å². The van der Waals surface area contributed by atoms with Gasteiger partial charge in [0.05, 0.1) is 0 Å². The maximum absolute atomic E-state index is 3.37. The topological polar surface area (TPSA) is 24.1 Å². The first-order valence-electron chi connectivity index (χ1n) is 3.27. The van der Waals surface area contributed by atoms with Crippen LogP contribution in [0.1, 0.15) is 13.8 Å². The summed E-state index contributed by atoms with van der Waals surface area (Å²) in [6, 6.07) is 1.28. The van der Waals surface area contributed by atoms with Crippen LogP contribution < -0.4 is 10.6 Å². The molecular formula is C6H14N2. The summed E-state index contributed by atoms with van der Waals surface area (Å²) in [5.74, 6) is 0. The van der Waals surface area contributed by atoms with Crippen molar-refractivity contribution in [3.05, 3.63) is 0 Å². The summed E-state index contributed by atoms with van der Waals surface area (Å²) in [6.07, 6.45) is 0. The minimum atomic E-state index is 0.642. The largest absolute Gasteiger partial charge is 0.311 e. The van der Waals surface area contributed by atoms with Crippen LogP contribution in [0.4, 0.5) is 0 Å². The quantitative estimate of drug-likeness (QED) is 0.461. The van der Waals surface area contributed by atoms with E-state index in [2.05, 4.69) is 24.5 Å². The molecule has 0 amide bonds. The van der Waals surface area contributed by atoms with Crippen molar-refractivity contribution in [1.29, 1.82) is 0 Å². The van der Waals surface area contributed by atoms with Gasteiger partial charge >= 0.3 is 0 Å². The Balaban J connectivity index is 2.28. The molecule has 1 rings (SSSR count). The minimum absolute atomic E-state index is 0.642. The van der Waals surface area contributed by atoms with Gasteiger partial charge in [0.2, 0.25) is 0 Å². The fourth-order valence-electron chi connectivity index (χ4n) is 0.953. The second-order valence-electron chi connectivity index (χ2n) is 2.49. The standard InChI is InChI=1S/C6H14N2/c1-5-6(2)8-4-3-7-5/h5-8H,3-4H2,1-2H3/t5-,6+. The maximum atomic E-state index is 3.37. The van der Waals surface area contributed by atoms with Gasteiger partial charge < -0.3 is 10.6 Å². The van der Waals surface area contributed by atoms with Crippen LogP contribution in [0.25, 0.3) is 0 Å². The van der Waals surface area contributed by atoms with Gasteiger partial charge in [0.25, 0.3) is 0 Å². The van der Waals surface area contributed by atoms with Crippen molar-refractivity contribution < 1.29 is 0 Å². The lowest BCUT2D eigenvalue weighted by molar-refractivity contribution is 0.358. The Morgan fingerprint density at radius 1 is 1.00 bits per heavy atom. The first-order chi connectivity index (χ1) is 3.80. The van der Waals surface area contributed by atoms with Gasteiger partial charge in [-0.2, -0.15) is 0 Å². The van der Waals surface area contributed by atoms with Crippen molar-refractivity contribution in [2.75, 3.05) is 13.1 Å². The van der Waals surface area contributed by atoms with E-state index in [0.29, 0.717) is 12.1 Å². The average Bonchev–Trinajstić information content (AvgIpc) is 1.77. The Bertz CT molecular complexity index is 62.9. The van der Waals surface area contributed by atoms with E-state index in [1.807, 2.05) is 0 Å². The highest BCUT2D eigenvalue weighted by molar-refractivity contribution is 4.79. The molecule has 48 valence electrons. The SMILES string of the molecule is C[C@@H]1NCCN[C@@H]1C. The van der Waals surface area contributed by atoms with Gasteiger partial charge in [-0.05, 0) is 13.8 Å². The molecular weight excluding hydrogens is 100 g/mol. The molecule has 0 bridgehead atoms. The molecule has 2 heteroatoms. The van der Waals surface area contributed by atoms with Crippen molar-refractivity contribution in [2.24, 2.45) is 0 Å². The Hall–Kier alpha value is -0.0800. The molecule has 2 N–H and O–H groups in total. The number of hydrogen-bond donors (Lipinski definition) is 2. The van der Waals surface area contributed by atoms with Crippen LogP contribution in [0.3, 0.4) is 0 Å². The minimum Gasteiger partial charge on any atom is -0.311 e. The molecule has 0 aromatic rings. The third-order valence-electron chi connectivity index (χ3n) is 1.81. The van der Waals surface area contributed by atoms with Gasteiger partial charge in [-0.1, -0.05) is 0 Å². The van der Waals surface area contributed by atoms with Crippen molar-refractivity contribution in [2.45, 2.75) is 25.9 Å². The molecule has 1 aliphatic rings. The van der Waals surface area contributed by atoms with Gasteiger partial charge in [0.15, 0.2) is 0 Å². The summed E-state index contributed by atoms with van der Waals surface area (Å²) in [5.41, 5.74) is 0. The molecule has 1 fully saturated rings. The fourth-order valence-corrected chi connectivity index (χ4v) is 0.953. The highest BCUT2D eigenvalue weighted by atomic mass is 15.1. The van der Waals surface area contributed by atoms with E-state index < -0.39 is 0 Å². The molecule has 8 heavy (non-hydrogen) atoms. The van der Waals surface area contributed by atoms with Gasteiger partial charge in [-0.15, -0.1) is 0 Å².